The predicted octanol–water partition coefficient (Wildman–Crippen LogP) is 1.11. The summed E-state index contributed by atoms with van der Waals surface area (Å²) in [6.07, 6.45) is 0. The van der Waals surface area contributed by atoms with Crippen LogP contribution in [0.5, 0.6) is 0 Å². The highest BCUT2D eigenvalue weighted by Crippen LogP contribution is 1.95. The van der Waals surface area contributed by atoms with Crippen LogP contribution in [-0.4, -0.2) is 19.8 Å². The van der Waals surface area contributed by atoms with Crippen molar-refractivity contribution in [3.8, 4) is 0 Å². The molecule has 2 nitrogen and oxygen atoms in total. The second kappa shape index (κ2) is 9.62. The van der Waals surface area contributed by atoms with Crippen LogP contribution in [0.1, 0.15) is 0 Å². The lowest BCUT2D eigenvalue weighted by Gasteiger charge is -2.15. The van der Waals surface area contributed by atoms with E-state index in [0.717, 1.165) is 0 Å². The summed E-state index contributed by atoms with van der Waals surface area (Å²) >= 11 is 0. The van der Waals surface area contributed by atoms with Crippen LogP contribution >= 0.6 is 0 Å². The number of hydrogen-bond acceptors (Lipinski definition) is 2. The van der Waals surface area contributed by atoms with Gasteiger partial charge in [0, 0.05) is 13.1 Å². The lowest BCUT2D eigenvalue weighted by molar-refractivity contribution is 0.976. The van der Waals surface area contributed by atoms with Gasteiger partial charge in [-0.1, -0.05) is 107 Å². The van der Waals surface area contributed by atoms with E-state index < -0.39 is 0 Å². The van der Waals surface area contributed by atoms with Gasteiger partial charge in [0.2, 0.25) is 6.71 Å². The Balaban J connectivity index is 0.000000433. The Labute approximate surface area is 139 Å². The zero-order chi connectivity index (χ0) is 16.3. The molecular formula is C20H23BN2. The van der Waals surface area contributed by atoms with Crippen molar-refractivity contribution in [2.45, 2.75) is 0 Å². The fourth-order valence-corrected chi connectivity index (χ4v) is 2.51. The summed E-state index contributed by atoms with van der Waals surface area (Å²) in [5.74, 6) is 0. The maximum atomic E-state index is 4.90. The van der Waals surface area contributed by atoms with E-state index in [1.807, 2.05) is 0 Å². The maximum absolute atomic E-state index is 4.90. The van der Waals surface area contributed by atoms with Crippen LogP contribution in [-0.2, 0) is 0 Å². The third-order valence-electron chi connectivity index (χ3n) is 3.57. The minimum atomic E-state index is 0.309. The Morgan fingerprint density at radius 1 is 0.478 bits per heavy atom. The first kappa shape index (κ1) is 17.0. The highest BCUT2D eigenvalue weighted by atomic mass is 14.6. The molecule has 0 atom stereocenters. The first-order chi connectivity index (χ1) is 11.4. The van der Waals surface area contributed by atoms with Gasteiger partial charge < -0.3 is 11.5 Å². The summed E-state index contributed by atoms with van der Waals surface area (Å²) in [4.78, 5) is 0. The smallest absolute Gasteiger partial charge is 0.241 e. The van der Waals surface area contributed by atoms with Crippen molar-refractivity contribution >= 4 is 23.1 Å². The van der Waals surface area contributed by atoms with E-state index in [-0.39, 0.29) is 0 Å². The number of benzene rings is 3. The molecule has 0 spiro atoms. The van der Waals surface area contributed by atoms with Crippen molar-refractivity contribution in [2.75, 3.05) is 13.1 Å². The Kier molecular flexibility index (Phi) is 7.11. The zero-order valence-corrected chi connectivity index (χ0v) is 13.3. The SMILES string of the molecule is NCCN.c1ccc(B(c2ccccc2)c2ccccc2)cc1. The molecule has 0 fully saturated rings. The van der Waals surface area contributed by atoms with Gasteiger partial charge in [-0.3, -0.25) is 0 Å². The number of nitrogens with two attached hydrogens (primary N) is 2. The van der Waals surface area contributed by atoms with Crippen molar-refractivity contribution in [1.29, 1.82) is 0 Å². The fourth-order valence-electron chi connectivity index (χ4n) is 2.51. The van der Waals surface area contributed by atoms with E-state index >= 15 is 0 Å². The minimum Gasteiger partial charge on any atom is -0.329 e. The van der Waals surface area contributed by atoms with E-state index in [0.29, 0.717) is 19.8 Å². The minimum absolute atomic E-state index is 0.309. The van der Waals surface area contributed by atoms with Crippen LogP contribution in [0.4, 0.5) is 0 Å². The fraction of sp³-hybridized carbons (Fsp3) is 0.100. The van der Waals surface area contributed by atoms with Crippen LogP contribution in [0, 0.1) is 0 Å². The van der Waals surface area contributed by atoms with Gasteiger partial charge in [-0.05, 0) is 0 Å². The molecule has 0 radical (unpaired) electrons. The molecule has 4 N–H and O–H groups in total. The molecular weight excluding hydrogens is 279 g/mol. The molecule has 0 aliphatic carbocycles. The zero-order valence-electron chi connectivity index (χ0n) is 13.3. The lowest BCUT2D eigenvalue weighted by Crippen LogP contribution is -2.51. The summed E-state index contributed by atoms with van der Waals surface area (Å²) < 4.78 is 0. The third kappa shape index (κ3) is 5.10. The van der Waals surface area contributed by atoms with Crippen molar-refractivity contribution < 1.29 is 0 Å². The molecule has 0 bridgehead atoms. The largest absolute Gasteiger partial charge is 0.329 e. The van der Waals surface area contributed by atoms with Gasteiger partial charge in [0.15, 0.2) is 0 Å². The van der Waals surface area contributed by atoms with Gasteiger partial charge >= 0.3 is 0 Å². The predicted molar refractivity (Wildman–Crippen MR) is 102 cm³/mol. The van der Waals surface area contributed by atoms with Gasteiger partial charge in [-0.15, -0.1) is 0 Å². The molecule has 0 aliphatic rings. The van der Waals surface area contributed by atoms with Crippen LogP contribution < -0.4 is 27.9 Å². The van der Waals surface area contributed by atoms with Gasteiger partial charge in [0.05, 0.1) is 0 Å². The van der Waals surface area contributed by atoms with Crippen LogP contribution in [0.2, 0.25) is 0 Å². The molecule has 0 unspecified atom stereocenters. The van der Waals surface area contributed by atoms with Crippen molar-refractivity contribution in [3.63, 3.8) is 0 Å². The van der Waals surface area contributed by atoms with Crippen molar-refractivity contribution in [2.24, 2.45) is 11.5 Å². The average Bonchev–Trinajstić information content (AvgIpc) is 2.65. The van der Waals surface area contributed by atoms with E-state index in [1.54, 1.807) is 0 Å². The van der Waals surface area contributed by atoms with Crippen molar-refractivity contribution in [1.82, 2.24) is 0 Å². The summed E-state index contributed by atoms with van der Waals surface area (Å²) in [5.41, 5.74) is 13.8. The molecule has 3 rings (SSSR count). The Hall–Kier alpha value is -2.36. The normalized spacial score (nSPS) is 9.65. The molecule has 3 aromatic rings. The molecule has 0 aromatic heterocycles. The second-order valence-electron chi connectivity index (χ2n) is 5.24. The average molecular weight is 302 g/mol. The molecule has 0 saturated heterocycles. The Bertz CT molecular complexity index is 561. The van der Waals surface area contributed by atoms with Crippen molar-refractivity contribution in [3.05, 3.63) is 91.0 Å². The summed E-state index contributed by atoms with van der Waals surface area (Å²) in [5, 5.41) is 0. The van der Waals surface area contributed by atoms with Gasteiger partial charge in [0.25, 0.3) is 0 Å². The second-order valence-corrected chi connectivity index (χ2v) is 5.24. The van der Waals surface area contributed by atoms with Crippen LogP contribution in [0.25, 0.3) is 0 Å². The van der Waals surface area contributed by atoms with Crippen LogP contribution in [0.15, 0.2) is 91.0 Å². The van der Waals surface area contributed by atoms with E-state index in [9.17, 15) is 0 Å². The number of rotatable bonds is 4. The van der Waals surface area contributed by atoms with E-state index in [4.69, 9.17) is 11.5 Å². The standard InChI is InChI=1S/C18H15B.C2H8N2/c1-4-10-16(11-5-1)19(17-12-6-2-7-13-17)18-14-8-3-9-15-18;3-1-2-4/h1-15H;1-4H2. The van der Waals surface area contributed by atoms with Crippen LogP contribution in [0.3, 0.4) is 0 Å². The molecule has 3 heteroatoms. The first-order valence-corrected chi connectivity index (χ1v) is 7.91. The maximum Gasteiger partial charge on any atom is 0.241 e. The van der Waals surface area contributed by atoms with E-state index in [2.05, 4.69) is 91.0 Å². The van der Waals surface area contributed by atoms with E-state index in [1.165, 1.54) is 16.4 Å². The van der Waals surface area contributed by atoms with Gasteiger partial charge in [-0.2, -0.15) is 0 Å². The quantitative estimate of drug-likeness (QED) is 0.709. The monoisotopic (exact) mass is 302 g/mol. The van der Waals surface area contributed by atoms with Gasteiger partial charge in [-0.25, -0.2) is 0 Å². The molecule has 0 heterocycles. The topological polar surface area (TPSA) is 52.0 Å². The molecule has 23 heavy (non-hydrogen) atoms. The van der Waals surface area contributed by atoms with Gasteiger partial charge in [0.1, 0.15) is 0 Å². The third-order valence-corrected chi connectivity index (χ3v) is 3.57. The molecule has 0 saturated carbocycles. The molecule has 0 aliphatic heterocycles. The highest BCUT2D eigenvalue weighted by Gasteiger charge is 2.20. The highest BCUT2D eigenvalue weighted by molar-refractivity contribution is 6.95. The number of hydrogen-bond donors (Lipinski definition) is 2. The molecule has 3 aromatic carbocycles. The summed E-state index contributed by atoms with van der Waals surface area (Å²) in [6, 6.07) is 32.0. The summed E-state index contributed by atoms with van der Waals surface area (Å²) in [6.45, 7) is 1.50. The molecule has 116 valence electrons. The summed E-state index contributed by atoms with van der Waals surface area (Å²) in [7, 11) is 0. The lowest BCUT2D eigenvalue weighted by atomic mass is 9.37. The molecule has 0 amide bonds. The Morgan fingerprint density at radius 2 is 0.739 bits per heavy atom. The Morgan fingerprint density at radius 3 is 0.957 bits per heavy atom. The first-order valence-electron chi connectivity index (χ1n) is 7.91.